The molecule has 0 amide bonds. The van der Waals surface area contributed by atoms with Crippen molar-refractivity contribution >= 4 is 15.7 Å². The number of rotatable bonds is 4. The standard InChI is InChI=1S/C19H23NO3S/c1-14(2)16-10-11-18(23-3)19(13-16)24(21,22)20-12-6-8-15-7-4-5-9-17(15)20/h4-5,7,9-11,13-14H,6,8,12H2,1-3H3. The highest BCUT2D eigenvalue weighted by Gasteiger charge is 2.31. The monoisotopic (exact) mass is 345 g/mol. The van der Waals surface area contributed by atoms with E-state index in [4.69, 9.17) is 4.74 Å². The highest BCUT2D eigenvalue weighted by Crippen LogP contribution is 2.36. The third kappa shape index (κ3) is 2.88. The van der Waals surface area contributed by atoms with Gasteiger partial charge < -0.3 is 4.74 Å². The Morgan fingerprint density at radius 1 is 1.12 bits per heavy atom. The van der Waals surface area contributed by atoms with Crippen molar-refractivity contribution < 1.29 is 13.2 Å². The largest absolute Gasteiger partial charge is 0.495 e. The molecule has 0 spiro atoms. The average molecular weight is 345 g/mol. The van der Waals surface area contributed by atoms with Crippen LogP contribution >= 0.6 is 0 Å². The number of hydrogen-bond donors (Lipinski definition) is 0. The summed E-state index contributed by atoms with van der Waals surface area (Å²) in [6, 6.07) is 13.1. The fraction of sp³-hybridized carbons (Fsp3) is 0.368. The molecule has 2 aromatic carbocycles. The second-order valence-electron chi connectivity index (χ2n) is 6.37. The van der Waals surface area contributed by atoms with Gasteiger partial charge in [0.1, 0.15) is 10.6 Å². The summed E-state index contributed by atoms with van der Waals surface area (Å²) < 4.78 is 33.6. The van der Waals surface area contributed by atoms with Crippen molar-refractivity contribution in [2.45, 2.75) is 37.5 Å². The van der Waals surface area contributed by atoms with Gasteiger partial charge in [0, 0.05) is 6.54 Å². The van der Waals surface area contributed by atoms with Gasteiger partial charge >= 0.3 is 0 Å². The Bertz CT molecular complexity index is 843. The quantitative estimate of drug-likeness (QED) is 0.842. The van der Waals surface area contributed by atoms with Crippen molar-refractivity contribution in [3.8, 4) is 5.75 Å². The number of sulfonamides is 1. The van der Waals surface area contributed by atoms with E-state index in [1.165, 1.54) is 11.4 Å². The van der Waals surface area contributed by atoms with E-state index in [0.717, 1.165) is 29.7 Å². The molecule has 1 aliphatic heterocycles. The van der Waals surface area contributed by atoms with Gasteiger partial charge in [-0.1, -0.05) is 38.1 Å². The van der Waals surface area contributed by atoms with Crippen molar-refractivity contribution in [1.82, 2.24) is 0 Å². The molecule has 0 fully saturated rings. The normalized spacial score (nSPS) is 14.6. The first-order valence-electron chi connectivity index (χ1n) is 8.23. The first-order chi connectivity index (χ1) is 11.4. The minimum atomic E-state index is -3.67. The number of para-hydroxylation sites is 1. The van der Waals surface area contributed by atoms with Crippen LogP contribution in [0.3, 0.4) is 0 Å². The zero-order valence-corrected chi connectivity index (χ0v) is 15.1. The molecule has 0 atom stereocenters. The summed E-state index contributed by atoms with van der Waals surface area (Å²) in [5.74, 6) is 0.640. The zero-order chi connectivity index (χ0) is 17.3. The Morgan fingerprint density at radius 2 is 1.88 bits per heavy atom. The van der Waals surface area contributed by atoms with Crippen LogP contribution in [0.1, 0.15) is 37.3 Å². The highest BCUT2D eigenvalue weighted by molar-refractivity contribution is 7.93. The van der Waals surface area contributed by atoms with Crippen LogP contribution in [0.25, 0.3) is 0 Å². The Kier molecular flexibility index (Phi) is 4.54. The van der Waals surface area contributed by atoms with E-state index in [1.807, 2.05) is 30.3 Å². The summed E-state index contributed by atoms with van der Waals surface area (Å²) in [7, 11) is -2.16. The summed E-state index contributed by atoms with van der Waals surface area (Å²) in [5.41, 5.74) is 2.84. The molecular formula is C19H23NO3S. The van der Waals surface area contributed by atoms with E-state index in [1.54, 1.807) is 12.1 Å². The van der Waals surface area contributed by atoms with E-state index in [9.17, 15) is 8.42 Å². The molecule has 2 aromatic rings. The lowest BCUT2D eigenvalue weighted by atomic mass is 10.0. The molecule has 1 aliphatic rings. The second-order valence-corrected chi connectivity index (χ2v) is 8.21. The van der Waals surface area contributed by atoms with Gasteiger partial charge in [0.2, 0.25) is 0 Å². The van der Waals surface area contributed by atoms with Crippen LogP contribution in [0.15, 0.2) is 47.4 Å². The van der Waals surface area contributed by atoms with E-state index < -0.39 is 10.0 Å². The summed E-state index contributed by atoms with van der Waals surface area (Å²) in [5, 5.41) is 0. The first-order valence-corrected chi connectivity index (χ1v) is 9.67. The lowest BCUT2D eigenvalue weighted by Crippen LogP contribution is -2.35. The summed E-state index contributed by atoms with van der Waals surface area (Å²) >= 11 is 0. The number of benzene rings is 2. The predicted octanol–water partition coefficient (Wildman–Crippen LogP) is 3.96. The van der Waals surface area contributed by atoms with Crippen molar-refractivity contribution in [2.75, 3.05) is 18.0 Å². The number of aryl methyl sites for hydroxylation is 1. The number of fused-ring (bicyclic) bond motifs is 1. The number of anilines is 1. The van der Waals surface area contributed by atoms with Gasteiger partial charge in [-0.3, -0.25) is 4.31 Å². The minimum absolute atomic E-state index is 0.243. The van der Waals surface area contributed by atoms with Gasteiger partial charge in [0.15, 0.2) is 0 Å². The van der Waals surface area contributed by atoms with Crippen molar-refractivity contribution in [2.24, 2.45) is 0 Å². The Labute approximate surface area is 144 Å². The molecule has 128 valence electrons. The minimum Gasteiger partial charge on any atom is -0.495 e. The van der Waals surface area contributed by atoms with Crippen LogP contribution in [0.4, 0.5) is 5.69 Å². The average Bonchev–Trinajstić information content (AvgIpc) is 2.60. The van der Waals surface area contributed by atoms with Crippen LogP contribution in [0.2, 0.25) is 0 Å². The van der Waals surface area contributed by atoms with Gasteiger partial charge in [-0.25, -0.2) is 8.42 Å². The van der Waals surface area contributed by atoms with Crippen molar-refractivity contribution in [1.29, 1.82) is 0 Å². The fourth-order valence-corrected chi connectivity index (χ4v) is 4.86. The number of nitrogens with zero attached hydrogens (tertiary/aromatic N) is 1. The topological polar surface area (TPSA) is 46.6 Å². The van der Waals surface area contributed by atoms with Crippen molar-refractivity contribution in [3.05, 3.63) is 53.6 Å². The molecule has 0 unspecified atom stereocenters. The van der Waals surface area contributed by atoms with Crippen LogP contribution in [0, 0.1) is 0 Å². The van der Waals surface area contributed by atoms with E-state index in [0.29, 0.717) is 12.3 Å². The molecule has 3 rings (SSSR count). The number of methoxy groups -OCH3 is 1. The van der Waals surface area contributed by atoms with Crippen LogP contribution < -0.4 is 9.04 Å². The molecule has 4 nitrogen and oxygen atoms in total. The molecule has 0 aliphatic carbocycles. The van der Waals surface area contributed by atoms with E-state index in [2.05, 4.69) is 13.8 Å². The number of ether oxygens (including phenoxy) is 1. The maximum atomic E-state index is 13.4. The molecular weight excluding hydrogens is 322 g/mol. The van der Waals surface area contributed by atoms with Crippen molar-refractivity contribution in [3.63, 3.8) is 0 Å². The Balaban J connectivity index is 2.14. The van der Waals surface area contributed by atoms with Gasteiger partial charge in [-0.15, -0.1) is 0 Å². The van der Waals surface area contributed by atoms with E-state index in [-0.39, 0.29) is 10.8 Å². The predicted molar refractivity (Wildman–Crippen MR) is 96.4 cm³/mol. The highest BCUT2D eigenvalue weighted by atomic mass is 32.2. The number of hydrogen-bond acceptors (Lipinski definition) is 3. The molecule has 0 radical (unpaired) electrons. The summed E-state index contributed by atoms with van der Waals surface area (Å²) in [4.78, 5) is 0.243. The third-order valence-corrected chi connectivity index (χ3v) is 6.32. The third-order valence-electron chi connectivity index (χ3n) is 4.49. The molecule has 0 saturated carbocycles. The van der Waals surface area contributed by atoms with Crippen LogP contribution in [-0.4, -0.2) is 22.1 Å². The second kappa shape index (κ2) is 6.48. The summed E-state index contributed by atoms with van der Waals surface area (Å²) in [6.07, 6.45) is 1.73. The maximum Gasteiger partial charge on any atom is 0.268 e. The SMILES string of the molecule is COc1ccc(C(C)C)cc1S(=O)(=O)N1CCCc2ccccc21. The molecule has 5 heteroatoms. The summed E-state index contributed by atoms with van der Waals surface area (Å²) in [6.45, 7) is 4.59. The van der Waals surface area contributed by atoms with Gasteiger partial charge in [0.25, 0.3) is 10.0 Å². The van der Waals surface area contributed by atoms with Crippen LogP contribution in [-0.2, 0) is 16.4 Å². The van der Waals surface area contributed by atoms with Gasteiger partial charge in [-0.2, -0.15) is 0 Å². The van der Waals surface area contributed by atoms with Gasteiger partial charge in [0.05, 0.1) is 12.8 Å². The van der Waals surface area contributed by atoms with Crippen LogP contribution in [0.5, 0.6) is 5.75 Å². The zero-order valence-electron chi connectivity index (χ0n) is 14.3. The van der Waals surface area contributed by atoms with Gasteiger partial charge in [-0.05, 0) is 48.1 Å². The first kappa shape index (κ1) is 16.8. The fourth-order valence-electron chi connectivity index (χ4n) is 3.12. The van der Waals surface area contributed by atoms with E-state index >= 15 is 0 Å². The molecule has 24 heavy (non-hydrogen) atoms. The Hall–Kier alpha value is -2.01. The molecule has 1 heterocycles. The molecule has 0 bridgehead atoms. The Morgan fingerprint density at radius 3 is 2.58 bits per heavy atom. The molecule has 0 saturated heterocycles. The smallest absolute Gasteiger partial charge is 0.268 e. The maximum absolute atomic E-state index is 13.4. The molecule has 0 N–H and O–H groups in total. The lowest BCUT2D eigenvalue weighted by molar-refractivity contribution is 0.402. The molecule has 0 aromatic heterocycles. The lowest BCUT2D eigenvalue weighted by Gasteiger charge is -2.31.